The molecule has 0 aliphatic rings. The van der Waals surface area contributed by atoms with Gasteiger partial charge in [-0.2, -0.15) is 5.26 Å². The van der Waals surface area contributed by atoms with Crippen molar-refractivity contribution in [2.45, 2.75) is 19.4 Å². The van der Waals surface area contributed by atoms with Crippen molar-refractivity contribution in [2.24, 2.45) is 5.73 Å². The summed E-state index contributed by atoms with van der Waals surface area (Å²) < 4.78 is 6.22. The van der Waals surface area contributed by atoms with Crippen molar-refractivity contribution in [3.63, 3.8) is 0 Å². The van der Waals surface area contributed by atoms with E-state index in [1.165, 1.54) is 0 Å². The van der Waals surface area contributed by atoms with Crippen molar-refractivity contribution < 1.29 is 4.74 Å². The molecule has 0 atom stereocenters. The van der Waals surface area contributed by atoms with Crippen LogP contribution in [0.3, 0.4) is 0 Å². The summed E-state index contributed by atoms with van der Waals surface area (Å²) in [5.74, 6) is 0.708. The minimum Gasteiger partial charge on any atom is -0.492 e. The highest BCUT2D eigenvalue weighted by molar-refractivity contribution is 9.10. The third kappa shape index (κ3) is 3.90. The maximum absolute atomic E-state index is 8.73. The second-order valence-corrected chi connectivity index (χ2v) is 4.89. The summed E-state index contributed by atoms with van der Waals surface area (Å²) in [5, 5.41) is 8.73. The quantitative estimate of drug-likeness (QED) is 0.916. The largest absolute Gasteiger partial charge is 0.492 e. The summed E-state index contributed by atoms with van der Waals surface area (Å²) in [4.78, 5) is 0. The lowest BCUT2D eigenvalue weighted by Crippen LogP contribution is -2.38. The molecule has 0 heterocycles. The predicted molar refractivity (Wildman–Crippen MR) is 62.6 cm³/mol. The highest BCUT2D eigenvalue weighted by Gasteiger charge is 2.11. The number of halogens is 1. The minimum atomic E-state index is -0.361. The van der Waals surface area contributed by atoms with Gasteiger partial charge in [0.15, 0.2) is 0 Å². The van der Waals surface area contributed by atoms with Gasteiger partial charge >= 0.3 is 0 Å². The molecule has 80 valence electrons. The molecule has 15 heavy (non-hydrogen) atoms. The maximum atomic E-state index is 8.73. The van der Waals surface area contributed by atoms with E-state index >= 15 is 0 Å². The molecule has 3 nitrogen and oxygen atoms in total. The van der Waals surface area contributed by atoms with Crippen LogP contribution in [0.1, 0.15) is 19.4 Å². The molecule has 4 heteroatoms. The van der Waals surface area contributed by atoms with Gasteiger partial charge in [0, 0.05) is 10.0 Å². The summed E-state index contributed by atoms with van der Waals surface area (Å²) in [6.07, 6.45) is 0. The monoisotopic (exact) mass is 268 g/mol. The Kier molecular flexibility index (Phi) is 3.72. The summed E-state index contributed by atoms with van der Waals surface area (Å²) in [7, 11) is 0. The number of nitriles is 1. The van der Waals surface area contributed by atoms with Gasteiger partial charge < -0.3 is 10.5 Å². The SMILES string of the molecule is CC(C)(N)COc1ccc(C#N)c(Br)c1. The number of nitrogens with zero attached hydrogens (tertiary/aromatic N) is 1. The van der Waals surface area contributed by atoms with Crippen molar-refractivity contribution in [3.8, 4) is 11.8 Å². The summed E-state index contributed by atoms with van der Waals surface area (Å²) >= 11 is 3.29. The van der Waals surface area contributed by atoms with Crippen LogP contribution in [-0.2, 0) is 0 Å². The van der Waals surface area contributed by atoms with Crippen molar-refractivity contribution >= 4 is 15.9 Å². The van der Waals surface area contributed by atoms with E-state index in [-0.39, 0.29) is 5.54 Å². The Balaban J connectivity index is 2.73. The van der Waals surface area contributed by atoms with E-state index in [4.69, 9.17) is 15.7 Å². The topological polar surface area (TPSA) is 59.0 Å². The molecule has 0 saturated heterocycles. The van der Waals surface area contributed by atoms with Crippen molar-refractivity contribution in [1.82, 2.24) is 0 Å². The van der Waals surface area contributed by atoms with E-state index in [9.17, 15) is 0 Å². The fraction of sp³-hybridized carbons (Fsp3) is 0.364. The van der Waals surface area contributed by atoms with E-state index in [1.807, 2.05) is 13.8 Å². The Labute approximate surface area is 98.0 Å². The van der Waals surface area contributed by atoms with Gasteiger partial charge in [0.1, 0.15) is 18.4 Å². The number of benzene rings is 1. The first-order chi connectivity index (χ1) is 6.92. The number of hydrogen-bond donors (Lipinski definition) is 1. The standard InChI is InChI=1S/C11H13BrN2O/c1-11(2,14)7-15-9-4-3-8(6-13)10(12)5-9/h3-5H,7,14H2,1-2H3. The minimum absolute atomic E-state index is 0.361. The summed E-state index contributed by atoms with van der Waals surface area (Å²) in [5.41, 5.74) is 6.02. The highest BCUT2D eigenvalue weighted by atomic mass is 79.9. The van der Waals surface area contributed by atoms with E-state index < -0.39 is 0 Å². The first-order valence-corrected chi connectivity index (χ1v) is 5.33. The van der Waals surface area contributed by atoms with Crippen LogP contribution >= 0.6 is 15.9 Å². The number of rotatable bonds is 3. The fourth-order valence-corrected chi connectivity index (χ4v) is 1.39. The molecule has 0 aliphatic carbocycles. The van der Waals surface area contributed by atoms with Crippen LogP contribution in [0, 0.1) is 11.3 Å². The van der Waals surface area contributed by atoms with E-state index in [0.717, 1.165) is 4.47 Å². The zero-order chi connectivity index (χ0) is 11.5. The molecule has 0 fully saturated rings. The number of hydrogen-bond acceptors (Lipinski definition) is 3. The zero-order valence-electron chi connectivity index (χ0n) is 8.75. The molecule has 0 unspecified atom stereocenters. The molecule has 0 aromatic heterocycles. The molecule has 0 aliphatic heterocycles. The van der Waals surface area contributed by atoms with Gasteiger partial charge in [-0.1, -0.05) is 0 Å². The van der Waals surface area contributed by atoms with Gasteiger partial charge in [-0.25, -0.2) is 0 Å². The molecule has 1 aromatic rings. The Bertz CT molecular complexity index is 391. The normalized spacial score (nSPS) is 10.9. The third-order valence-corrected chi connectivity index (χ3v) is 2.33. The van der Waals surface area contributed by atoms with Crippen molar-refractivity contribution in [2.75, 3.05) is 6.61 Å². The van der Waals surface area contributed by atoms with Gasteiger partial charge in [0.2, 0.25) is 0 Å². The molecule has 2 N–H and O–H groups in total. The van der Waals surface area contributed by atoms with Gasteiger partial charge in [0.25, 0.3) is 0 Å². The molecule has 0 radical (unpaired) electrons. The highest BCUT2D eigenvalue weighted by Crippen LogP contribution is 2.22. The molecule has 0 bridgehead atoms. The van der Waals surface area contributed by atoms with Crippen LogP contribution in [0.25, 0.3) is 0 Å². The molecular weight excluding hydrogens is 256 g/mol. The second kappa shape index (κ2) is 4.65. The lowest BCUT2D eigenvalue weighted by Gasteiger charge is -2.19. The van der Waals surface area contributed by atoms with E-state index in [0.29, 0.717) is 17.9 Å². The average molecular weight is 269 g/mol. The second-order valence-electron chi connectivity index (χ2n) is 4.03. The van der Waals surface area contributed by atoms with Gasteiger partial charge in [-0.05, 0) is 48.0 Å². The lowest BCUT2D eigenvalue weighted by atomic mass is 10.1. The molecule has 0 amide bonds. The number of nitrogens with two attached hydrogens (primary N) is 1. The third-order valence-electron chi connectivity index (χ3n) is 1.67. The number of ether oxygens (including phenoxy) is 1. The van der Waals surface area contributed by atoms with Crippen LogP contribution < -0.4 is 10.5 Å². The van der Waals surface area contributed by atoms with Crippen LogP contribution in [0.2, 0.25) is 0 Å². The Morgan fingerprint density at radius 2 is 2.20 bits per heavy atom. The maximum Gasteiger partial charge on any atom is 0.120 e. The smallest absolute Gasteiger partial charge is 0.120 e. The predicted octanol–water partition coefficient (Wildman–Crippen LogP) is 2.44. The summed E-state index contributed by atoms with van der Waals surface area (Å²) in [6.45, 7) is 4.22. The molecule has 0 spiro atoms. The van der Waals surface area contributed by atoms with E-state index in [1.54, 1.807) is 18.2 Å². The molecule has 1 rings (SSSR count). The van der Waals surface area contributed by atoms with Crippen LogP contribution in [0.4, 0.5) is 0 Å². The fourth-order valence-electron chi connectivity index (χ4n) is 0.946. The van der Waals surface area contributed by atoms with Crippen LogP contribution in [0.5, 0.6) is 5.75 Å². The van der Waals surface area contributed by atoms with Gasteiger partial charge in [0.05, 0.1) is 5.56 Å². The molecular formula is C11H13BrN2O. The van der Waals surface area contributed by atoms with E-state index in [2.05, 4.69) is 22.0 Å². The lowest BCUT2D eigenvalue weighted by molar-refractivity contribution is 0.243. The molecule has 1 aromatic carbocycles. The Morgan fingerprint density at radius 3 is 2.67 bits per heavy atom. The van der Waals surface area contributed by atoms with Crippen molar-refractivity contribution in [1.29, 1.82) is 5.26 Å². The Morgan fingerprint density at radius 1 is 1.53 bits per heavy atom. The summed E-state index contributed by atoms with van der Waals surface area (Å²) in [6, 6.07) is 7.31. The van der Waals surface area contributed by atoms with Crippen LogP contribution in [0.15, 0.2) is 22.7 Å². The zero-order valence-corrected chi connectivity index (χ0v) is 10.3. The first-order valence-electron chi connectivity index (χ1n) is 4.54. The van der Waals surface area contributed by atoms with Gasteiger partial charge in [-0.15, -0.1) is 0 Å². The first kappa shape index (κ1) is 12.0. The van der Waals surface area contributed by atoms with Crippen molar-refractivity contribution in [3.05, 3.63) is 28.2 Å². The Hall–Kier alpha value is -1.05. The average Bonchev–Trinajstić information content (AvgIpc) is 2.14. The van der Waals surface area contributed by atoms with Crippen LogP contribution in [-0.4, -0.2) is 12.1 Å². The van der Waals surface area contributed by atoms with Gasteiger partial charge in [-0.3, -0.25) is 0 Å². The molecule has 0 saturated carbocycles.